The topological polar surface area (TPSA) is 0 Å². The van der Waals surface area contributed by atoms with E-state index in [-0.39, 0.29) is 5.41 Å². The van der Waals surface area contributed by atoms with Crippen molar-refractivity contribution in [3.05, 3.63) is 106 Å². The summed E-state index contributed by atoms with van der Waals surface area (Å²) in [7, 11) is 0. The van der Waals surface area contributed by atoms with Gasteiger partial charge in [0, 0.05) is 11.3 Å². The number of hydrogen-bond donors (Lipinski definition) is 0. The van der Waals surface area contributed by atoms with E-state index in [1.54, 1.807) is 11.1 Å². The molecule has 0 saturated heterocycles. The molecule has 2 aromatic carbocycles. The van der Waals surface area contributed by atoms with Crippen molar-refractivity contribution >= 4 is 0 Å². The zero-order valence-electron chi connectivity index (χ0n) is 18.0. The minimum Gasteiger partial charge on any atom is -0.0848 e. The maximum absolute atomic E-state index is 2.56. The van der Waals surface area contributed by atoms with Gasteiger partial charge in [0.1, 0.15) is 0 Å². The molecule has 0 fully saturated rings. The molecule has 0 aromatic heterocycles. The monoisotopic (exact) mass is 380 g/mol. The van der Waals surface area contributed by atoms with Gasteiger partial charge in [-0.2, -0.15) is 0 Å². The molecule has 0 aliphatic heterocycles. The van der Waals surface area contributed by atoms with Crippen LogP contribution in [0.1, 0.15) is 54.9 Å². The second-order valence-corrected chi connectivity index (χ2v) is 9.23. The van der Waals surface area contributed by atoms with Gasteiger partial charge in [0.15, 0.2) is 0 Å². The van der Waals surface area contributed by atoms with Crippen LogP contribution in [-0.2, 0) is 5.41 Å². The molecule has 29 heavy (non-hydrogen) atoms. The Balaban J connectivity index is 1.87. The predicted molar refractivity (Wildman–Crippen MR) is 123 cm³/mol. The van der Waals surface area contributed by atoms with Gasteiger partial charge in [-0.05, 0) is 79.2 Å². The van der Waals surface area contributed by atoms with E-state index >= 15 is 0 Å². The molecule has 2 aromatic rings. The molecular formula is C29H32. The maximum Gasteiger partial charge on any atom is 0.0459 e. The van der Waals surface area contributed by atoms with Gasteiger partial charge >= 0.3 is 0 Å². The van der Waals surface area contributed by atoms with Crippen molar-refractivity contribution in [3.8, 4) is 0 Å². The molecule has 148 valence electrons. The third kappa shape index (κ3) is 2.65. The first kappa shape index (κ1) is 18.7. The standard InChI is InChI=1S/C29H32/c1-4-22-17-18-24-23-13-7-10-16-27(23)29(28(24)19-22,25-14-8-5-11-20(25)2)26-15-9-6-12-21(26)3/h5-9,11-15,17-18,22,24,28H,4,10,16,19H2,1-3H3. The normalized spacial score (nSPS) is 27.1. The summed E-state index contributed by atoms with van der Waals surface area (Å²) < 4.78 is 0. The van der Waals surface area contributed by atoms with E-state index in [1.807, 2.05) is 0 Å². The maximum atomic E-state index is 2.56. The van der Waals surface area contributed by atoms with E-state index < -0.39 is 0 Å². The van der Waals surface area contributed by atoms with E-state index in [2.05, 4.69) is 93.6 Å². The smallest absolute Gasteiger partial charge is 0.0459 e. The molecular weight excluding hydrogens is 348 g/mol. The van der Waals surface area contributed by atoms with Crippen LogP contribution >= 0.6 is 0 Å². The predicted octanol–water partition coefficient (Wildman–Crippen LogP) is 7.47. The number of benzene rings is 2. The van der Waals surface area contributed by atoms with E-state index in [0.29, 0.717) is 17.8 Å². The molecule has 0 amide bonds. The molecule has 3 atom stereocenters. The third-order valence-electron chi connectivity index (χ3n) is 7.84. The van der Waals surface area contributed by atoms with Crippen LogP contribution in [0.4, 0.5) is 0 Å². The summed E-state index contributed by atoms with van der Waals surface area (Å²) in [6, 6.07) is 18.4. The second kappa shape index (κ2) is 7.17. The Kier molecular flexibility index (Phi) is 4.62. The molecule has 0 nitrogen and oxygen atoms in total. The fourth-order valence-electron chi connectivity index (χ4n) is 6.58. The average molecular weight is 381 g/mol. The van der Waals surface area contributed by atoms with E-state index in [1.165, 1.54) is 47.9 Å². The molecule has 0 saturated carbocycles. The summed E-state index contributed by atoms with van der Waals surface area (Å²) in [5.41, 5.74) is 9.24. The lowest BCUT2D eigenvalue weighted by Crippen LogP contribution is -2.40. The summed E-state index contributed by atoms with van der Waals surface area (Å²) in [6.45, 7) is 6.98. The van der Waals surface area contributed by atoms with Crippen LogP contribution in [0.2, 0.25) is 0 Å². The second-order valence-electron chi connectivity index (χ2n) is 9.23. The molecule has 5 rings (SSSR count). The Morgan fingerprint density at radius 2 is 1.55 bits per heavy atom. The quantitative estimate of drug-likeness (QED) is 0.484. The van der Waals surface area contributed by atoms with Gasteiger partial charge in [-0.1, -0.05) is 85.3 Å². The Morgan fingerprint density at radius 3 is 2.17 bits per heavy atom. The SMILES string of the molecule is CCC1C=CC2C3=C(CCC=C3)C(c3ccccc3C)(c3ccccc3C)C2C1. The number of fused-ring (bicyclic) bond motifs is 2. The van der Waals surface area contributed by atoms with Gasteiger partial charge < -0.3 is 0 Å². The van der Waals surface area contributed by atoms with Crippen molar-refractivity contribution in [1.29, 1.82) is 0 Å². The Hall–Kier alpha value is -2.34. The molecule has 0 spiro atoms. The molecule has 0 heterocycles. The van der Waals surface area contributed by atoms with Crippen LogP contribution < -0.4 is 0 Å². The summed E-state index contributed by atoms with van der Waals surface area (Å²) in [4.78, 5) is 0. The average Bonchev–Trinajstić information content (AvgIpc) is 3.05. The highest BCUT2D eigenvalue weighted by Crippen LogP contribution is 2.62. The Bertz CT molecular complexity index is 970. The van der Waals surface area contributed by atoms with E-state index in [0.717, 1.165) is 0 Å². The van der Waals surface area contributed by atoms with E-state index in [9.17, 15) is 0 Å². The third-order valence-corrected chi connectivity index (χ3v) is 7.84. The first-order valence-corrected chi connectivity index (χ1v) is 11.4. The molecule has 0 bridgehead atoms. The summed E-state index contributed by atoms with van der Waals surface area (Å²) in [6.07, 6.45) is 14.8. The fourth-order valence-corrected chi connectivity index (χ4v) is 6.58. The van der Waals surface area contributed by atoms with Crippen molar-refractivity contribution in [2.75, 3.05) is 0 Å². The fraction of sp³-hybridized carbons (Fsp3) is 0.379. The van der Waals surface area contributed by atoms with Gasteiger partial charge in [0.25, 0.3) is 0 Å². The van der Waals surface area contributed by atoms with Gasteiger partial charge in [-0.25, -0.2) is 0 Å². The van der Waals surface area contributed by atoms with Crippen LogP contribution in [0.5, 0.6) is 0 Å². The number of aryl methyl sites for hydroxylation is 2. The van der Waals surface area contributed by atoms with Crippen molar-refractivity contribution in [2.45, 2.75) is 51.9 Å². The highest BCUT2D eigenvalue weighted by molar-refractivity contribution is 5.62. The lowest BCUT2D eigenvalue weighted by atomic mass is 9.57. The first-order valence-electron chi connectivity index (χ1n) is 11.4. The summed E-state index contributed by atoms with van der Waals surface area (Å²) in [5, 5.41) is 0. The zero-order chi connectivity index (χ0) is 20.0. The lowest BCUT2D eigenvalue weighted by molar-refractivity contribution is 0.271. The molecule has 0 N–H and O–H groups in total. The number of rotatable bonds is 3. The minimum absolute atomic E-state index is 0.000370. The highest BCUT2D eigenvalue weighted by Gasteiger charge is 2.56. The molecule has 3 aliphatic carbocycles. The number of hydrogen-bond acceptors (Lipinski definition) is 0. The Labute approximate surface area is 176 Å². The van der Waals surface area contributed by atoms with Crippen molar-refractivity contribution < 1.29 is 0 Å². The van der Waals surface area contributed by atoms with Crippen LogP contribution in [0.3, 0.4) is 0 Å². The summed E-state index contributed by atoms with van der Waals surface area (Å²) in [5.74, 6) is 1.84. The summed E-state index contributed by atoms with van der Waals surface area (Å²) >= 11 is 0. The van der Waals surface area contributed by atoms with Gasteiger partial charge in [-0.3, -0.25) is 0 Å². The van der Waals surface area contributed by atoms with E-state index in [4.69, 9.17) is 0 Å². The lowest BCUT2D eigenvalue weighted by Gasteiger charge is -2.45. The van der Waals surface area contributed by atoms with Gasteiger partial charge in [-0.15, -0.1) is 0 Å². The van der Waals surface area contributed by atoms with Crippen LogP contribution in [0.15, 0.2) is 84.0 Å². The van der Waals surface area contributed by atoms with Gasteiger partial charge in [0.2, 0.25) is 0 Å². The van der Waals surface area contributed by atoms with Crippen LogP contribution in [0, 0.1) is 31.6 Å². The zero-order valence-corrected chi connectivity index (χ0v) is 18.0. The van der Waals surface area contributed by atoms with Gasteiger partial charge in [0.05, 0.1) is 0 Å². The molecule has 0 heteroatoms. The number of allylic oxidation sites excluding steroid dienone is 6. The first-order chi connectivity index (χ1) is 14.2. The largest absolute Gasteiger partial charge is 0.0848 e. The Morgan fingerprint density at radius 1 is 0.897 bits per heavy atom. The minimum atomic E-state index is -0.000370. The molecule has 3 unspecified atom stereocenters. The highest BCUT2D eigenvalue weighted by atomic mass is 14.6. The molecule has 3 aliphatic rings. The van der Waals surface area contributed by atoms with Crippen molar-refractivity contribution in [1.82, 2.24) is 0 Å². The molecule has 0 radical (unpaired) electrons. The van der Waals surface area contributed by atoms with Crippen LogP contribution in [-0.4, -0.2) is 0 Å². The van der Waals surface area contributed by atoms with Crippen molar-refractivity contribution in [2.24, 2.45) is 17.8 Å². The van der Waals surface area contributed by atoms with Crippen molar-refractivity contribution in [3.63, 3.8) is 0 Å². The van der Waals surface area contributed by atoms with Crippen LogP contribution in [0.25, 0.3) is 0 Å².